The van der Waals surface area contributed by atoms with Crippen molar-refractivity contribution in [3.8, 4) is 10.6 Å². The summed E-state index contributed by atoms with van der Waals surface area (Å²) in [7, 11) is 0. The van der Waals surface area contributed by atoms with E-state index in [1.54, 1.807) is 23.5 Å². The maximum atomic E-state index is 13.3. The van der Waals surface area contributed by atoms with Crippen LogP contribution in [0.5, 0.6) is 0 Å². The van der Waals surface area contributed by atoms with Crippen molar-refractivity contribution in [2.24, 2.45) is 0 Å². The molecule has 1 atom stereocenters. The highest BCUT2D eigenvalue weighted by molar-refractivity contribution is 7.21. The average Bonchev–Trinajstić information content (AvgIpc) is 3.38. The van der Waals surface area contributed by atoms with Crippen LogP contribution < -0.4 is 4.90 Å². The Kier molecular flexibility index (Phi) is 5.71. The molecule has 3 amide bonds. The second-order valence-electron chi connectivity index (χ2n) is 8.46. The summed E-state index contributed by atoms with van der Waals surface area (Å²) in [5.41, 5.74) is 4.47. The van der Waals surface area contributed by atoms with Gasteiger partial charge in [0.25, 0.3) is 5.91 Å². The van der Waals surface area contributed by atoms with Gasteiger partial charge in [-0.15, -0.1) is 11.3 Å². The number of amides is 3. The third kappa shape index (κ3) is 4.10. The molecule has 0 radical (unpaired) electrons. The van der Waals surface area contributed by atoms with E-state index >= 15 is 0 Å². The second-order valence-corrected chi connectivity index (χ2v) is 9.49. The number of aromatic nitrogens is 1. The van der Waals surface area contributed by atoms with Gasteiger partial charge in [0.2, 0.25) is 11.8 Å². The van der Waals surface area contributed by atoms with Crippen molar-refractivity contribution in [3.05, 3.63) is 83.9 Å². The molecule has 1 fully saturated rings. The molecule has 4 aromatic rings. The van der Waals surface area contributed by atoms with Crippen molar-refractivity contribution < 1.29 is 14.4 Å². The van der Waals surface area contributed by atoms with E-state index in [1.165, 1.54) is 22.3 Å². The van der Waals surface area contributed by atoms with Crippen LogP contribution in [0.25, 0.3) is 20.8 Å². The number of hydrogen-bond acceptors (Lipinski definition) is 5. The molecule has 34 heavy (non-hydrogen) atoms. The molecular formula is C27H23N3O3S. The lowest BCUT2D eigenvalue weighted by molar-refractivity contribution is -0.137. The molecule has 1 unspecified atom stereocenters. The van der Waals surface area contributed by atoms with Crippen LogP contribution in [0.2, 0.25) is 0 Å². The van der Waals surface area contributed by atoms with Gasteiger partial charge in [0.1, 0.15) is 11.0 Å². The zero-order valence-electron chi connectivity index (χ0n) is 18.9. The maximum Gasteiger partial charge on any atom is 0.257 e. The fraction of sp³-hybridized carbons (Fsp3) is 0.185. The van der Waals surface area contributed by atoms with Gasteiger partial charge in [-0.05, 0) is 54.4 Å². The third-order valence-electron chi connectivity index (χ3n) is 6.02. The summed E-state index contributed by atoms with van der Waals surface area (Å²) in [6.45, 7) is 3.76. The standard InChI is InChI=1S/C27H23N3O3S/c1-17-8-13-22-24(14-17)34-26(28-22)20-9-11-21(12-10-20)30-25(32)15-23(27(30)33)29(18(2)31)16-19-6-4-3-5-7-19/h3-14,23H,15-16H2,1-2H3. The number of hydrogen-bond donors (Lipinski definition) is 0. The Balaban J connectivity index is 1.38. The average molecular weight is 470 g/mol. The Hall–Kier alpha value is -3.84. The number of aryl methyl sites for hydroxylation is 1. The molecule has 6 nitrogen and oxygen atoms in total. The molecule has 1 saturated heterocycles. The van der Waals surface area contributed by atoms with E-state index in [4.69, 9.17) is 4.98 Å². The molecule has 1 aromatic heterocycles. The van der Waals surface area contributed by atoms with Gasteiger partial charge in [-0.1, -0.05) is 36.4 Å². The van der Waals surface area contributed by atoms with Gasteiger partial charge in [-0.2, -0.15) is 0 Å². The van der Waals surface area contributed by atoms with Crippen LogP contribution in [0.1, 0.15) is 24.5 Å². The molecule has 0 saturated carbocycles. The fourth-order valence-corrected chi connectivity index (χ4v) is 5.33. The molecule has 5 rings (SSSR count). The van der Waals surface area contributed by atoms with E-state index in [0.717, 1.165) is 26.4 Å². The predicted octanol–water partition coefficient (Wildman–Crippen LogP) is 4.95. The van der Waals surface area contributed by atoms with Crippen LogP contribution in [0.4, 0.5) is 5.69 Å². The van der Waals surface area contributed by atoms with E-state index in [0.29, 0.717) is 5.69 Å². The summed E-state index contributed by atoms with van der Waals surface area (Å²) < 4.78 is 1.12. The summed E-state index contributed by atoms with van der Waals surface area (Å²) in [5, 5.41) is 0.884. The number of thiazole rings is 1. The molecule has 1 aliphatic rings. The first-order chi connectivity index (χ1) is 16.4. The van der Waals surface area contributed by atoms with Gasteiger partial charge in [0.05, 0.1) is 22.3 Å². The molecule has 0 aliphatic carbocycles. The monoisotopic (exact) mass is 469 g/mol. The Morgan fingerprint density at radius 3 is 2.50 bits per heavy atom. The van der Waals surface area contributed by atoms with Crippen LogP contribution in [-0.2, 0) is 20.9 Å². The zero-order chi connectivity index (χ0) is 23.8. The topological polar surface area (TPSA) is 70.6 Å². The number of rotatable bonds is 5. The first-order valence-corrected chi connectivity index (χ1v) is 11.9. The zero-order valence-corrected chi connectivity index (χ0v) is 19.7. The molecular weight excluding hydrogens is 446 g/mol. The molecule has 0 spiro atoms. The van der Waals surface area contributed by atoms with Crippen molar-refractivity contribution in [1.82, 2.24) is 9.88 Å². The van der Waals surface area contributed by atoms with Crippen LogP contribution in [-0.4, -0.2) is 33.6 Å². The highest BCUT2D eigenvalue weighted by Gasteiger charge is 2.43. The minimum atomic E-state index is -0.808. The molecule has 3 aromatic carbocycles. The highest BCUT2D eigenvalue weighted by Crippen LogP contribution is 2.33. The Labute approximate surface area is 201 Å². The van der Waals surface area contributed by atoms with E-state index in [-0.39, 0.29) is 30.7 Å². The number of nitrogens with zero attached hydrogens (tertiary/aromatic N) is 3. The number of benzene rings is 3. The summed E-state index contributed by atoms with van der Waals surface area (Å²) in [5.74, 6) is -0.921. The van der Waals surface area contributed by atoms with Crippen molar-refractivity contribution >= 4 is 45.0 Å². The summed E-state index contributed by atoms with van der Waals surface area (Å²) in [4.78, 5) is 45.8. The number of anilines is 1. The quantitative estimate of drug-likeness (QED) is 0.388. The van der Waals surface area contributed by atoms with Gasteiger partial charge in [0, 0.05) is 19.0 Å². The maximum absolute atomic E-state index is 13.3. The lowest BCUT2D eigenvalue weighted by Gasteiger charge is -2.26. The van der Waals surface area contributed by atoms with Crippen molar-refractivity contribution in [1.29, 1.82) is 0 Å². The van der Waals surface area contributed by atoms with Gasteiger partial charge in [0.15, 0.2) is 0 Å². The molecule has 0 N–H and O–H groups in total. The predicted molar refractivity (Wildman–Crippen MR) is 133 cm³/mol. The largest absolute Gasteiger partial charge is 0.326 e. The fourth-order valence-electron chi connectivity index (χ4n) is 4.26. The lowest BCUT2D eigenvalue weighted by atomic mass is 10.1. The molecule has 7 heteroatoms. The lowest BCUT2D eigenvalue weighted by Crippen LogP contribution is -2.44. The van der Waals surface area contributed by atoms with E-state index < -0.39 is 6.04 Å². The van der Waals surface area contributed by atoms with E-state index in [2.05, 4.69) is 13.0 Å². The second kappa shape index (κ2) is 8.83. The SMILES string of the molecule is CC(=O)N(Cc1ccccc1)C1CC(=O)N(c2ccc(-c3nc4ccc(C)cc4s3)cc2)C1=O. The molecule has 170 valence electrons. The molecule has 2 heterocycles. The Morgan fingerprint density at radius 1 is 1.06 bits per heavy atom. The van der Waals surface area contributed by atoms with Crippen LogP contribution >= 0.6 is 11.3 Å². The van der Waals surface area contributed by atoms with Crippen molar-refractivity contribution in [2.75, 3.05) is 4.90 Å². The van der Waals surface area contributed by atoms with Gasteiger partial charge in [-0.25, -0.2) is 9.88 Å². The third-order valence-corrected chi connectivity index (χ3v) is 7.08. The summed E-state index contributed by atoms with van der Waals surface area (Å²) >= 11 is 1.61. The van der Waals surface area contributed by atoms with Crippen molar-refractivity contribution in [2.45, 2.75) is 32.9 Å². The molecule has 0 bridgehead atoms. The van der Waals surface area contributed by atoms with Gasteiger partial charge in [-0.3, -0.25) is 14.4 Å². The first kappa shape index (κ1) is 22.0. The highest BCUT2D eigenvalue weighted by atomic mass is 32.1. The van der Waals surface area contributed by atoms with Gasteiger partial charge >= 0.3 is 0 Å². The first-order valence-electron chi connectivity index (χ1n) is 11.1. The Bertz CT molecular complexity index is 1400. The van der Waals surface area contributed by atoms with E-state index in [1.807, 2.05) is 54.6 Å². The smallest absolute Gasteiger partial charge is 0.257 e. The summed E-state index contributed by atoms with van der Waals surface area (Å²) in [6.07, 6.45) is -0.0236. The van der Waals surface area contributed by atoms with Crippen LogP contribution in [0, 0.1) is 6.92 Å². The van der Waals surface area contributed by atoms with E-state index in [9.17, 15) is 14.4 Å². The minimum Gasteiger partial charge on any atom is -0.326 e. The number of carbonyl (C=O) groups is 3. The molecule has 1 aliphatic heterocycles. The van der Waals surface area contributed by atoms with Crippen LogP contribution in [0.15, 0.2) is 72.8 Å². The minimum absolute atomic E-state index is 0.0236. The summed E-state index contributed by atoms with van der Waals surface area (Å²) in [6, 6.07) is 22.1. The van der Waals surface area contributed by atoms with Crippen molar-refractivity contribution in [3.63, 3.8) is 0 Å². The normalized spacial score (nSPS) is 15.8. The van der Waals surface area contributed by atoms with Gasteiger partial charge < -0.3 is 4.90 Å². The number of fused-ring (bicyclic) bond motifs is 1. The number of imide groups is 1. The number of carbonyl (C=O) groups excluding carboxylic acids is 3. The Morgan fingerprint density at radius 2 is 1.79 bits per heavy atom. The van der Waals surface area contributed by atoms with Crippen LogP contribution in [0.3, 0.4) is 0 Å².